The average molecular weight is 284 g/mol. The minimum Gasteiger partial charge on any atom is -0.368 e. The van der Waals surface area contributed by atoms with E-state index in [9.17, 15) is 4.79 Å². The number of hydrogen-bond donors (Lipinski definition) is 1. The van der Waals surface area contributed by atoms with Gasteiger partial charge in [0.25, 0.3) is 0 Å². The summed E-state index contributed by atoms with van der Waals surface area (Å²) in [5, 5.41) is 0.914. The molecule has 94 valence electrons. The first kappa shape index (κ1) is 12.9. The quantitative estimate of drug-likeness (QED) is 0.942. The number of carbonyl (C=O) groups excluding carboxylic acids is 1. The molecule has 0 aliphatic carbocycles. The molecule has 0 aliphatic rings. The molecule has 0 saturated heterocycles. The molecule has 0 aliphatic heterocycles. The minimum atomic E-state index is -0.475. The summed E-state index contributed by atoms with van der Waals surface area (Å²) in [5.74, 6) is 0.203. The minimum absolute atomic E-state index is 0.422. The van der Waals surface area contributed by atoms with Crippen LogP contribution < -0.4 is 5.73 Å². The van der Waals surface area contributed by atoms with Gasteiger partial charge in [-0.15, -0.1) is 0 Å². The van der Waals surface area contributed by atoms with Crippen LogP contribution >= 0.6 is 23.2 Å². The van der Waals surface area contributed by atoms with E-state index in [0.29, 0.717) is 15.9 Å². The number of hydrogen-bond acceptors (Lipinski definition) is 2. The summed E-state index contributed by atoms with van der Waals surface area (Å²) >= 11 is 11.8. The molecule has 1 atom stereocenters. The molecule has 1 unspecified atom stereocenters. The normalized spacial score (nSPS) is 12.4. The molecule has 0 saturated carbocycles. The zero-order valence-corrected chi connectivity index (χ0v) is 11.1. The highest BCUT2D eigenvalue weighted by atomic mass is 35.5. The highest BCUT2D eigenvalue weighted by Crippen LogP contribution is 2.28. The average Bonchev–Trinajstić information content (AvgIpc) is 2.80. The molecule has 2 aromatic rings. The molecular formula is C12H11Cl2N3O. The number of aromatic nitrogens is 2. The van der Waals surface area contributed by atoms with Crippen LogP contribution in [0, 0.1) is 0 Å². The number of nitrogens with zero attached hydrogens (tertiary/aromatic N) is 2. The van der Waals surface area contributed by atoms with E-state index in [4.69, 9.17) is 28.9 Å². The van der Waals surface area contributed by atoms with Crippen molar-refractivity contribution in [3.05, 3.63) is 40.6 Å². The zero-order valence-electron chi connectivity index (χ0n) is 9.60. The third-order valence-electron chi connectivity index (χ3n) is 2.68. The van der Waals surface area contributed by atoms with Crippen LogP contribution in [0.4, 0.5) is 0 Å². The summed E-state index contributed by atoms with van der Waals surface area (Å²) in [6.45, 7) is 1.71. The van der Waals surface area contributed by atoms with Crippen molar-refractivity contribution < 1.29 is 4.79 Å². The van der Waals surface area contributed by atoms with E-state index in [0.717, 1.165) is 5.56 Å². The largest absolute Gasteiger partial charge is 0.368 e. The van der Waals surface area contributed by atoms with Crippen molar-refractivity contribution >= 4 is 29.1 Å². The lowest BCUT2D eigenvalue weighted by Crippen LogP contribution is -2.24. The smallest absolute Gasteiger partial charge is 0.240 e. The number of benzene rings is 1. The Hall–Kier alpha value is -1.52. The summed E-state index contributed by atoms with van der Waals surface area (Å²) in [5.41, 5.74) is 6.07. The maximum atomic E-state index is 11.2. The SMILES string of the molecule is CC(C(N)=O)n1ccnc1-c1ccc(Cl)c(Cl)c1. The lowest BCUT2D eigenvalue weighted by molar-refractivity contribution is -0.120. The molecule has 6 heteroatoms. The predicted octanol–water partition coefficient (Wildman–Crippen LogP) is 2.90. The van der Waals surface area contributed by atoms with E-state index in [-0.39, 0.29) is 0 Å². The molecule has 2 rings (SSSR count). The van der Waals surface area contributed by atoms with Crippen LogP contribution in [0.1, 0.15) is 13.0 Å². The van der Waals surface area contributed by atoms with Crippen molar-refractivity contribution in [3.63, 3.8) is 0 Å². The second-order valence-electron chi connectivity index (χ2n) is 3.87. The number of amides is 1. The van der Waals surface area contributed by atoms with Gasteiger partial charge in [0.2, 0.25) is 5.91 Å². The highest BCUT2D eigenvalue weighted by Gasteiger charge is 2.16. The second kappa shape index (κ2) is 5.00. The maximum absolute atomic E-state index is 11.2. The molecule has 4 nitrogen and oxygen atoms in total. The molecular weight excluding hydrogens is 273 g/mol. The molecule has 0 fully saturated rings. The first-order valence-corrected chi connectivity index (χ1v) is 6.04. The Morgan fingerprint density at radius 1 is 1.39 bits per heavy atom. The van der Waals surface area contributed by atoms with E-state index >= 15 is 0 Å². The first-order chi connectivity index (χ1) is 8.50. The van der Waals surface area contributed by atoms with Crippen molar-refractivity contribution in [3.8, 4) is 11.4 Å². The molecule has 0 bridgehead atoms. The number of imidazole rings is 1. The van der Waals surface area contributed by atoms with Crippen molar-refractivity contribution in [1.29, 1.82) is 0 Å². The third-order valence-corrected chi connectivity index (χ3v) is 3.41. The lowest BCUT2D eigenvalue weighted by atomic mass is 10.2. The molecule has 18 heavy (non-hydrogen) atoms. The summed E-state index contributed by atoms with van der Waals surface area (Å²) in [6, 6.07) is 4.71. The lowest BCUT2D eigenvalue weighted by Gasteiger charge is -2.13. The van der Waals surface area contributed by atoms with Gasteiger partial charge in [-0.05, 0) is 25.1 Å². The van der Waals surface area contributed by atoms with Crippen LogP contribution in [0.5, 0.6) is 0 Å². The van der Waals surface area contributed by atoms with E-state index < -0.39 is 11.9 Å². The summed E-state index contributed by atoms with van der Waals surface area (Å²) in [6.07, 6.45) is 3.31. The maximum Gasteiger partial charge on any atom is 0.240 e. The third kappa shape index (κ3) is 2.35. The molecule has 0 radical (unpaired) electrons. The number of nitrogens with two attached hydrogens (primary N) is 1. The van der Waals surface area contributed by atoms with Crippen molar-refractivity contribution in [2.45, 2.75) is 13.0 Å². The Bertz CT molecular complexity index is 595. The number of carbonyl (C=O) groups is 1. The Kier molecular flexibility index (Phi) is 3.59. The number of primary amides is 1. The summed E-state index contributed by atoms with van der Waals surface area (Å²) < 4.78 is 1.70. The van der Waals surface area contributed by atoms with E-state index in [1.807, 2.05) is 0 Å². The van der Waals surface area contributed by atoms with Gasteiger partial charge in [-0.3, -0.25) is 4.79 Å². The van der Waals surface area contributed by atoms with Crippen LogP contribution in [0.25, 0.3) is 11.4 Å². The predicted molar refractivity (Wildman–Crippen MR) is 71.6 cm³/mol. The Morgan fingerprint density at radius 2 is 2.11 bits per heavy atom. The number of halogens is 2. The Labute approximate surface area is 114 Å². The van der Waals surface area contributed by atoms with Gasteiger partial charge in [-0.1, -0.05) is 23.2 Å². The van der Waals surface area contributed by atoms with Gasteiger partial charge < -0.3 is 10.3 Å². The molecule has 1 aromatic carbocycles. The van der Waals surface area contributed by atoms with Gasteiger partial charge in [0, 0.05) is 18.0 Å². The monoisotopic (exact) mass is 283 g/mol. The number of rotatable bonds is 3. The summed E-state index contributed by atoms with van der Waals surface area (Å²) in [7, 11) is 0. The van der Waals surface area contributed by atoms with Crippen LogP contribution in [0.15, 0.2) is 30.6 Å². The van der Waals surface area contributed by atoms with Gasteiger partial charge in [0.05, 0.1) is 10.0 Å². The fourth-order valence-corrected chi connectivity index (χ4v) is 1.92. The van der Waals surface area contributed by atoms with Gasteiger partial charge >= 0.3 is 0 Å². The van der Waals surface area contributed by atoms with Gasteiger partial charge in [0.1, 0.15) is 11.9 Å². The summed E-state index contributed by atoms with van der Waals surface area (Å²) in [4.78, 5) is 15.4. The van der Waals surface area contributed by atoms with Gasteiger partial charge in [-0.2, -0.15) is 0 Å². The van der Waals surface area contributed by atoms with Crippen molar-refractivity contribution in [2.75, 3.05) is 0 Å². The zero-order chi connectivity index (χ0) is 13.3. The Morgan fingerprint density at radius 3 is 2.72 bits per heavy atom. The van der Waals surface area contributed by atoms with Crippen LogP contribution in [0.2, 0.25) is 10.0 Å². The molecule has 1 amide bonds. The fraction of sp³-hybridized carbons (Fsp3) is 0.167. The molecule has 2 N–H and O–H groups in total. The fourth-order valence-electron chi connectivity index (χ4n) is 1.62. The second-order valence-corrected chi connectivity index (χ2v) is 4.68. The molecule has 1 aromatic heterocycles. The topological polar surface area (TPSA) is 60.9 Å². The van der Waals surface area contributed by atoms with Crippen LogP contribution in [0.3, 0.4) is 0 Å². The van der Waals surface area contributed by atoms with Gasteiger partial charge in [0.15, 0.2) is 0 Å². The Balaban J connectivity index is 2.48. The highest BCUT2D eigenvalue weighted by molar-refractivity contribution is 6.42. The molecule has 1 heterocycles. The first-order valence-electron chi connectivity index (χ1n) is 5.28. The van der Waals surface area contributed by atoms with Crippen LogP contribution in [-0.2, 0) is 4.79 Å². The van der Waals surface area contributed by atoms with Crippen molar-refractivity contribution in [1.82, 2.24) is 9.55 Å². The van der Waals surface area contributed by atoms with Gasteiger partial charge in [-0.25, -0.2) is 4.98 Å². The van der Waals surface area contributed by atoms with Crippen molar-refractivity contribution in [2.24, 2.45) is 5.73 Å². The van der Waals surface area contributed by atoms with E-state index in [1.165, 1.54) is 0 Å². The van der Waals surface area contributed by atoms with E-state index in [1.54, 1.807) is 42.1 Å². The van der Waals surface area contributed by atoms with Crippen LogP contribution in [-0.4, -0.2) is 15.5 Å². The standard InChI is InChI=1S/C12H11Cl2N3O/c1-7(11(15)18)17-5-4-16-12(17)8-2-3-9(13)10(14)6-8/h2-7H,1H3,(H2,15,18). The molecule has 0 spiro atoms. The van der Waals surface area contributed by atoms with E-state index in [2.05, 4.69) is 4.98 Å².